The lowest BCUT2D eigenvalue weighted by Crippen LogP contribution is -2.14. The fourth-order valence-electron chi connectivity index (χ4n) is 2.84. The average molecular weight is 438 g/mol. The molecule has 1 N–H and O–H groups in total. The van der Waals surface area contributed by atoms with Crippen LogP contribution in [0.4, 0.5) is 15.8 Å². The van der Waals surface area contributed by atoms with Gasteiger partial charge in [-0.1, -0.05) is 17.7 Å². The number of benzene rings is 3. The third kappa shape index (κ3) is 4.41. The van der Waals surface area contributed by atoms with E-state index in [0.717, 1.165) is 0 Å². The van der Waals surface area contributed by atoms with Crippen molar-refractivity contribution in [1.82, 2.24) is 14.8 Å². The summed E-state index contributed by atoms with van der Waals surface area (Å²) in [6.07, 6.45) is 0. The van der Waals surface area contributed by atoms with E-state index in [1.165, 1.54) is 53.2 Å². The third-order valence-corrected chi connectivity index (χ3v) is 4.55. The van der Waals surface area contributed by atoms with Gasteiger partial charge in [0.15, 0.2) is 5.82 Å². The lowest BCUT2D eigenvalue weighted by atomic mass is 10.2. The molecular formula is C21H13ClFN5O3. The topological polar surface area (TPSA) is 103 Å². The fraction of sp³-hybridized carbons (Fsp3) is 0. The molecule has 4 rings (SSSR count). The molecule has 0 radical (unpaired) electrons. The van der Waals surface area contributed by atoms with Crippen LogP contribution >= 0.6 is 11.6 Å². The van der Waals surface area contributed by atoms with Crippen molar-refractivity contribution in [1.29, 1.82) is 0 Å². The zero-order chi connectivity index (χ0) is 22.0. The van der Waals surface area contributed by atoms with Crippen LogP contribution in [0.15, 0.2) is 72.8 Å². The minimum Gasteiger partial charge on any atom is -0.319 e. The molecule has 0 unspecified atom stereocenters. The summed E-state index contributed by atoms with van der Waals surface area (Å²) >= 11 is 5.96. The van der Waals surface area contributed by atoms with Crippen molar-refractivity contribution in [2.24, 2.45) is 0 Å². The summed E-state index contributed by atoms with van der Waals surface area (Å²) < 4.78 is 14.8. The van der Waals surface area contributed by atoms with Gasteiger partial charge in [0, 0.05) is 28.4 Å². The van der Waals surface area contributed by atoms with E-state index in [1.54, 1.807) is 24.3 Å². The third-order valence-electron chi connectivity index (χ3n) is 4.30. The van der Waals surface area contributed by atoms with Crippen LogP contribution in [-0.2, 0) is 0 Å². The molecule has 0 saturated carbocycles. The van der Waals surface area contributed by atoms with Crippen LogP contribution in [-0.4, -0.2) is 25.6 Å². The highest BCUT2D eigenvalue weighted by Gasteiger charge is 2.20. The van der Waals surface area contributed by atoms with Gasteiger partial charge in [-0.05, 0) is 54.6 Å². The Morgan fingerprint density at radius 1 is 1.06 bits per heavy atom. The van der Waals surface area contributed by atoms with Gasteiger partial charge in [0.2, 0.25) is 5.82 Å². The first-order chi connectivity index (χ1) is 14.9. The van der Waals surface area contributed by atoms with Gasteiger partial charge in [-0.15, -0.1) is 5.10 Å². The summed E-state index contributed by atoms with van der Waals surface area (Å²) in [4.78, 5) is 27.5. The van der Waals surface area contributed by atoms with Gasteiger partial charge >= 0.3 is 0 Å². The van der Waals surface area contributed by atoms with Gasteiger partial charge in [-0.2, -0.15) is 0 Å². The number of nitro groups is 1. The first-order valence-electron chi connectivity index (χ1n) is 8.95. The van der Waals surface area contributed by atoms with Crippen molar-refractivity contribution < 1.29 is 14.1 Å². The summed E-state index contributed by atoms with van der Waals surface area (Å²) in [7, 11) is 0. The first-order valence-corrected chi connectivity index (χ1v) is 9.33. The number of hydrogen-bond donors (Lipinski definition) is 1. The Kier molecular flexibility index (Phi) is 5.42. The number of nitro benzene ring substituents is 1. The predicted octanol–water partition coefficient (Wildman–Crippen LogP) is 4.89. The fourth-order valence-corrected chi connectivity index (χ4v) is 2.97. The average Bonchev–Trinajstić information content (AvgIpc) is 3.20. The highest BCUT2D eigenvalue weighted by molar-refractivity contribution is 6.30. The van der Waals surface area contributed by atoms with Crippen molar-refractivity contribution in [3.8, 4) is 17.1 Å². The van der Waals surface area contributed by atoms with E-state index in [0.29, 0.717) is 22.1 Å². The second-order valence-electron chi connectivity index (χ2n) is 6.42. The van der Waals surface area contributed by atoms with Crippen LogP contribution in [0, 0.1) is 15.9 Å². The minimum absolute atomic E-state index is 0.163. The molecular weight excluding hydrogens is 425 g/mol. The molecule has 1 amide bonds. The Morgan fingerprint density at radius 2 is 1.77 bits per heavy atom. The van der Waals surface area contributed by atoms with Gasteiger partial charge in [0.05, 0.1) is 10.6 Å². The summed E-state index contributed by atoms with van der Waals surface area (Å²) in [5.41, 5.74) is 1.19. The molecule has 4 aromatic rings. The number of halogens is 2. The zero-order valence-corrected chi connectivity index (χ0v) is 16.5. The lowest BCUT2D eigenvalue weighted by Gasteiger charge is -2.06. The van der Waals surface area contributed by atoms with Crippen LogP contribution in [0.3, 0.4) is 0 Å². The summed E-state index contributed by atoms with van der Waals surface area (Å²) in [6, 6.07) is 17.8. The van der Waals surface area contributed by atoms with Crippen molar-refractivity contribution in [2.45, 2.75) is 0 Å². The smallest absolute Gasteiger partial charge is 0.295 e. The Balaban J connectivity index is 1.73. The Hall–Kier alpha value is -4.11. The van der Waals surface area contributed by atoms with E-state index in [1.807, 2.05) is 0 Å². The van der Waals surface area contributed by atoms with E-state index < -0.39 is 16.6 Å². The van der Waals surface area contributed by atoms with E-state index in [4.69, 9.17) is 11.6 Å². The molecule has 31 heavy (non-hydrogen) atoms. The lowest BCUT2D eigenvalue weighted by molar-refractivity contribution is -0.384. The molecule has 0 saturated heterocycles. The standard InChI is InChI=1S/C21H13ClFN5O3/c22-14-6-4-13(5-7-14)20-25-19(26-27(20)17-10-8-15(23)9-11-17)21(29)24-16-2-1-3-18(12-16)28(30)31/h1-12H,(H,24,29). The Labute approximate surface area is 180 Å². The first kappa shape index (κ1) is 20.2. The molecule has 0 aliphatic rings. The zero-order valence-electron chi connectivity index (χ0n) is 15.7. The Bertz CT molecular complexity index is 1210. The number of anilines is 1. The largest absolute Gasteiger partial charge is 0.319 e. The monoisotopic (exact) mass is 437 g/mol. The number of aromatic nitrogens is 3. The molecule has 0 fully saturated rings. The number of carbonyl (C=O) groups is 1. The normalized spacial score (nSPS) is 10.6. The summed E-state index contributed by atoms with van der Waals surface area (Å²) in [5, 5.41) is 18.3. The van der Waals surface area contributed by atoms with Crippen LogP contribution in [0.5, 0.6) is 0 Å². The van der Waals surface area contributed by atoms with Crippen LogP contribution in [0.1, 0.15) is 10.6 Å². The van der Waals surface area contributed by atoms with E-state index in [-0.39, 0.29) is 17.2 Å². The molecule has 0 spiro atoms. The highest BCUT2D eigenvalue weighted by atomic mass is 35.5. The quantitative estimate of drug-likeness (QED) is 0.354. The van der Waals surface area contributed by atoms with Crippen LogP contribution in [0.25, 0.3) is 17.1 Å². The maximum Gasteiger partial charge on any atom is 0.295 e. The van der Waals surface area contributed by atoms with Crippen LogP contribution in [0.2, 0.25) is 5.02 Å². The molecule has 3 aromatic carbocycles. The SMILES string of the molecule is O=C(Nc1cccc([N+](=O)[O-])c1)c1nc(-c2ccc(Cl)cc2)n(-c2ccc(F)cc2)n1. The molecule has 0 bridgehead atoms. The number of nitrogens with one attached hydrogen (secondary N) is 1. The molecule has 154 valence electrons. The minimum atomic E-state index is -0.656. The van der Waals surface area contributed by atoms with Gasteiger partial charge in [-0.25, -0.2) is 14.1 Å². The molecule has 10 heteroatoms. The second-order valence-corrected chi connectivity index (χ2v) is 6.85. The number of non-ortho nitro benzene ring substituents is 1. The van der Waals surface area contributed by atoms with Crippen molar-refractivity contribution in [3.05, 3.63) is 99.6 Å². The number of rotatable bonds is 5. The summed E-state index contributed by atoms with van der Waals surface area (Å²) in [6.45, 7) is 0. The van der Waals surface area contributed by atoms with Crippen molar-refractivity contribution in [3.63, 3.8) is 0 Å². The van der Waals surface area contributed by atoms with Crippen molar-refractivity contribution >= 4 is 28.9 Å². The molecule has 1 aromatic heterocycles. The van der Waals surface area contributed by atoms with Crippen molar-refractivity contribution in [2.75, 3.05) is 5.32 Å². The predicted molar refractivity (Wildman–Crippen MR) is 113 cm³/mol. The van der Waals surface area contributed by atoms with E-state index >= 15 is 0 Å². The number of nitrogens with zero attached hydrogens (tertiary/aromatic N) is 4. The summed E-state index contributed by atoms with van der Waals surface area (Å²) in [5.74, 6) is -0.898. The number of amides is 1. The Morgan fingerprint density at radius 3 is 2.45 bits per heavy atom. The molecule has 1 heterocycles. The maximum absolute atomic E-state index is 13.4. The molecule has 0 atom stereocenters. The van der Waals surface area contributed by atoms with E-state index in [9.17, 15) is 19.3 Å². The second kappa shape index (κ2) is 8.33. The van der Waals surface area contributed by atoms with Crippen LogP contribution < -0.4 is 5.32 Å². The van der Waals surface area contributed by atoms with Gasteiger partial charge in [-0.3, -0.25) is 14.9 Å². The van der Waals surface area contributed by atoms with Gasteiger partial charge < -0.3 is 5.32 Å². The van der Waals surface area contributed by atoms with E-state index in [2.05, 4.69) is 15.4 Å². The van der Waals surface area contributed by atoms with Gasteiger partial charge in [0.1, 0.15) is 5.82 Å². The maximum atomic E-state index is 13.4. The molecule has 8 nitrogen and oxygen atoms in total. The highest BCUT2D eigenvalue weighted by Crippen LogP contribution is 2.24. The molecule has 0 aliphatic heterocycles. The number of hydrogen-bond acceptors (Lipinski definition) is 5. The van der Waals surface area contributed by atoms with Gasteiger partial charge in [0.25, 0.3) is 11.6 Å². The molecule has 0 aliphatic carbocycles. The number of carbonyl (C=O) groups excluding carboxylic acids is 1.